The second-order valence-electron chi connectivity index (χ2n) is 8.31. The zero-order valence-corrected chi connectivity index (χ0v) is 19.5. The van der Waals surface area contributed by atoms with Crippen LogP contribution in [-0.4, -0.2) is 44.5 Å². The molecule has 0 atom stereocenters. The summed E-state index contributed by atoms with van der Waals surface area (Å²) in [6.45, 7) is 4.59. The molecule has 0 aromatic heterocycles. The Kier molecular flexibility index (Phi) is 7.60. The summed E-state index contributed by atoms with van der Waals surface area (Å²) in [5.74, 6) is 0.179. The monoisotopic (exact) mass is 469 g/mol. The van der Waals surface area contributed by atoms with Crippen molar-refractivity contribution in [3.8, 4) is 0 Å². The van der Waals surface area contributed by atoms with Crippen LogP contribution in [0.3, 0.4) is 0 Å². The summed E-state index contributed by atoms with van der Waals surface area (Å²) in [5, 5.41) is 0.518. The molecule has 3 aromatic carbocycles. The van der Waals surface area contributed by atoms with E-state index < -0.39 is 10.0 Å². The van der Waals surface area contributed by atoms with E-state index in [9.17, 15) is 8.42 Å². The van der Waals surface area contributed by atoms with E-state index in [2.05, 4.69) is 63.1 Å². The molecule has 4 rings (SSSR count). The van der Waals surface area contributed by atoms with Gasteiger partial charge in [-0.1, -0.05) is 72.3 Å². The average molecular weight is 470 g/mol. The van der Waals surface area contributed by atoms with Gasteiger partial charge in [-0.05, 0) is 41.3 Å². The number of benzene rings is 3. The van der Waals surface area contributed by atoms with Crippen LogP contribution in [0.15, 0.2) is 89.8 Å². The fraction of sp³-hybridized carbons (Fsp3) is 0.280. The second kappa shape index (κ2) is 10.6. The van der Waals surface area contributed by atoms with Crippen LogP contribution >= 0.6 is 11.6 Å². The Balaban J connectivity index is 1.44. The van der Waals surface area contributed by atoms with Crippen molar-refractivity contribution in [2.75, 3.05) is 26.3 Å². The highest BCUT2D eigenvalue weighted by Gasteiger charge is 2.27. The van der Waals surface area contributed by atoms with Gasteiger partial charge in [0.25, 0.3) is 0 Å². The van der Waals surface area contributed by atoms with Crippen LogP contribution in [0, 0.1) is 5.92 Å². The standard InChI is InChI=1S/C25H28ClN3O2S/c26-24-11-13-25(14-12-24)32(30,31)27-15-23-18-28(16-21-7-3-1-4-8-21)20-29(19-23)17-22-9-5-2-6-10-22/h1-14,23,27H,15-20H2. The van der Waals surface area contributed by atoms with Crippen molar-refractivity contribution in [2.24, 2.45) is 5.92 Å². The fourth-order valence-corrected chi connectivity index (χ4v) is 5.39. The van der Waals surface area contributed by atoms with E-state index in [-0.39, 0.29) is 10.8 Å². The van der Waals surface area contributed by atoms with Gasteiger partial charge in [-0.2, -0.15) is 0 Å². The molecular formula is C25H28ClN3O2S. The van der Waals surface area contributed by atoms with Crippen molar-refractivity contribution in [2.45, 2.75) is 18.0 Å². The molecule has 0 bridgehead atoms. The predicted molar refractivity (Wildman–Crippen MR) is 129 cm³/mol. The molecule has 7 heteroatoms. The van der Waals surface area contributed by atoms with Gasteiger partial charge in [0.05, 0.1) is 11.6 Å². The predicted octanol–water partition coefficient (Wildman–Crippen LogP) is 4.21. The molecule has 0 spiro atoms. The minimum Gasteiger partial charge on any atom is -0.286 e. The maximum Gasteiger partial charge on any atom is 0.240 e. The number of halogens is 1. The SMILES string of the molecule is O=S(=O)(NCC1CN(Cc2ccccc2)CN(Cc2ccccc2)C1)c1ccc(Cl)cc1. The Labute approximate surface area is 195 Å². The number of hydrogen-bond donors (Lipinski definition) is 1. The van der Waals surface area contributed by atoms with Crippen molar-refractivity contribution < 1.29 is 8.42 Å². The van der Waals surface area contributed by atoms with E-state index in [0.29, 0.717) is 11.6 Å². The summed E-state index contributed by atoms with van der Waals surface area (Å²) in [5.41, 5.74) is 2.52. The van der Waals surface area contributed by atoms with Crippen molar-refractivity contribution in [3.63, 3.8) is 0 Å². The number of nitrogens with zero attached hydrogens (tertiary/aromatic N) is 2. The number of hydrogen-bond acceptors (Lipinski definition) is 4. The minimum atomic E-state index is -3.57. The highest BCUT2D eigenvalue weighted by atomic mass is 35.5. The molecular weight excluding hydrogens is 442 g/mol. The molecule has 1 heterocycles. The molecule has 0 amide bonds. The van der Waals surface area contributed by atoms with Crippen LogP contribution in [0.25, 0.3) is 0 Å². The van der Waals surface area contributed by atoms with E-state index >= 15 is 0 Å². The summed E-state index contributed by atoms with van der Waals surface area (Å²) < 4.78 is 28.3. The van der Waals surface area contributed by atoms with E-state index in [1.54, 1.807) is 12.1 Å². The van der Waals surface area contributed by atoms with E-state index in [0.717, 1.165) is 32.8 Å². The third-order valence-electron chi connectivity index (χ3n) is 5.62. The van der Waals surface area contributed by atoms with Crippen molar-refractivity contribution in [1.29, 1.82) is 0 Å². The van der Waals surface area contributed by atoms with Crippen molar-refractivity contribution in [3.05, 3.63) is 101 Å². The quantitative estimate of drug-likeness (QED) is 0.537. The molecule has 1 saturated heterocycles. The molecule has 32 heavy (non-hydrogen) atoms. The molecule has 5 nitrogen and oxygen atoms in total. The van der Waals surface area contributed by atoms with E-state index in [1.165, 1.54) is 23.3 Å². The summed E-state index contributed by atoms with van der Waals surface area (Å²) in [4.78, 5) is 5.02. The van der Waals surface area contributed by atoms with E-state index in [4.69, 9.17) is 11.6 Å². The molecule has 1 N–H and O–H groups in total. The Morgan fingerprint density at radius 2 is 1.28 bits per heavy atom. The topological polar surface area (TPSA) is 52.7 Å². The molecule has 0 aliphatic carbocycles. The van der Waals surface area contributed by atoms with Crippen LogP contribution in [-0.2, 0) is 23.1 Å². The van der Waals surface area contributed by atoms with Crippen LogP contribution in [0.5, 0.6) is 0 Å². The summed E-state index contributed by atoms with van der Waals surface area (Å²) in [7, 11) is -3.57. The van der Waals surface area contributed by atoms with Gasteiger partial charge in [0.1, 0.15) is 0 Å². The second-order valence-corrected chi connectivity index (χ2v) is 10.5. The molecule has 3 aromatic rings. The van der Waals surface area contributed by atoms with Gasteiger partial charge in [0, 0.05) is 37.7 Å². The van der Waals surface area contributed by atoms with Gasteiger partial charge in [-0.25, -0.2) is 13.1 Å². The van der Waals surface area contributed by atoms with Gasteiger partial charge in [-0.15, -0.1) is 0 Å². The Morgan fingerprint density at radius 1 is 0.781 bits per heavy atom. The van der Waals surface area contributed by atoms with Crippen LogP contribution in [0.4, 0.5) is 0 Å². The molecule has 1 fully saturated rings. The average Bonchev–Trinajstić information content (AvgIpc) is 2.79. The number of sulfonamides is 1. The van der Waals surface area contributed by atoms with Crippen LogP contribution < -0.4 is 4.72 Å². The number of nitrogens with one attached hydrogen (secondary N) is 1. The smallest absolute Gasteiger partial charge is 0.240 e. The summed E-state index contributed by atoms with van der Waals surface area (Å²) >= 11 is 5.90. The van der Waals surface area contributed by atoms with Gasteiger partial charge in [0.15, 0.2) is 0 Å². The zero-order chi connectivity index (χ0) is 22.4. The lowest BCUT2D eigenvalue weighted by atomic mass is 10.0. The lowest BCUT2D eigenvalue weighted by Crippen LogP contribution is -2.51. The van der Waals surface area contributed by atoms with Gasteiger partial charge in [-0.3, -0.25) is 9.80 Å². The van der Waals surface area contributed by atoms with Gasteiger partial charge in [0.2, 0.25) is 10.0 Å². The van der Waals surface area contributed by atoms with E-state index in [1.807, 2.05) is 12.1 Å². The Morgan fingerprint density at radius 3 is 1.78 bits per heavy atom. The Bertz CT molecular complexity index is 1040. The minimum absolute atomic E-state index is 0.179. The van der Waals surface area contributed by atoms with Gasteiger partial charge >= 0.3 is 0 Å². The molecule has 0 radical (unpaired) electrons. The van der Waals surface area contributed by atoms with Crippen molar-refractivity contribution >= 4 is 21.6 Å². The first-order valence-corrected chi connectivity index (χ1v) is 12.6. The van der Waals surface area contributed by atoms with Crippen molar-refractivity contribution in [1.82, 2.24) is 14.5 Å². The molecule has 0 saturated carbocycles. The normalized spacial score (nSPS) is 16.3. The van der Waals surface area contributed by atoms with Crippen LogP contribution in [0.2, 0.25) is 5.02 Å². The largest absolute Gasteiger partial charge is 0.286 e. The first-order chi connectivity index (χ1) is 15.5. The lowest BCUT2D eigenvalue weighted by Gasteiger charge is -2.40. The maximum atomic E-state index is 12.7. The highest BCUT2D eigenvalue weighted by Crippen LogP contribution is 2.19. The third kappa shape index (κ3) is 6.40. The molecule has 0 unspecified atom stereocenters. The highest BCUT2D eigenvalue weighted by molar-refractivity contribution is 7.89. The van der Waals surface area contributed by atoms with Gasteiger partial charge < -0.3 is 0 Å². The Hall–Kier alpha value is -2.22. The fourth-order valence-electron chi connectivity index (χ4n) is 4.15. The maximum absolute atomic E-state index is 12.7. The summed E-state index contributed by atoms with van der Waals surface area (Å²) in [6, 6.07) is 27.1. The number of rotatable bonds is 8. The first kappa shape index (κ1) is 23.0. The molecule has 168 valence electrons. The van der Waals surface area contributed by atoms with Crippen LogP contribution in [0.1, 0.15) is 11.1 Å². The summed E-state index contributed by atoms with van der Waals surface area (Å²) in [6.07, 6.45) is 0. The lowest BCUT2D eigenvalue weighted by molar-refractivity contribution is 0.0389. The molecule has 1 aliphatic heterocycles. The molecule has 1 aliphatic rings. The first-order valence-electron chi connectivity index (χ1n) is 10.8. The zero-order valence-electron chi connectivity index (χ0n) is 17.9. The third-order valence-corrected chi connectivity index (χ3v) is 7.31.